The van der Waals surface area contributed by atoms with Gasteiger partial charge in [0.25, 0.3) is 0 Å². The van der Waals surface area contributed by atoms with Crippen LogP contribution in [0.25, 0.3) is 11.1 Å². The van der Waals surface area contributed by atoms with Crippen LogP contribution in [0.5, 0.6) is 0 Å². The standard InChI is InChI=1S/C27H30N2O6/c1-27(2,3)35-26(33)29-13-20-19(22(20)23(29)24(30)31)12-28-25(32)34-14-21-17-10-6-4-8-15(17)16-9-5-7-11-18(16)21/h4-11,19-23H,12-14H2,1-3H3,(H,28,32)(H,30,31)/t19-,20-,22+,23+/m1/s1. The minimum absolute atomic E-state index is 0.00438. The number of fused-ring (bicyclic) bond motifs is 4. The van der Waals surface area contributed by atoms with Crippen molar-refractivity contribution in [3.05, 3.63) is 59.7 Å². The third-order valence-corrected chi connectivity index (χ3v) is 7.21. The van der Waals surface area contributed by atoms with Crippen LogP contribution in [0.1, 0.15) is 37.8 Å². The monoisotopic (exact) mass is 478 g/mol. The highest BCUT2D eigenvalue weighted by Gasteiger charge is 2.65. The van der Waals surface area contributed by atoms with Crippen molar-refractivity contribution in [1.82, 2.24) is 10.2 Å². The quantitative estimate of drug-likeness (QED) is 0.671. The molecule has 2 amide bonds. The highest BCUT2D eigenvalue weighted by Crippen LogP contribution is 2.55. The van der Waals surface area contributed by atoms with Crippen molar-refractivity contribution in [3.63, 3.8) is 0 Å². The summed E-state index contributed by atoms with van der Waals surface area (Å²) in [7, 11) is 0. The second-order valence-electron chi connectivity index (χ2n) is 10.5. The first kappa shape index (κ1) is 23.2. The van der Waals surface area contributed by atoms with Crippen molar-refractivity contribution in [2.45, 2.75) is 38.3 Å². The molecule has 2 aromatic carbocycles. The van der Waals surface area contributed by atoms with Gasteiger partial charge in [-0.25, -0.2) is 14.4 Å². The number of rotatable bonds is 5. The fraction of sp³-hybridized carbons (Fsp3) is 0.444. The first-order valence-electron chi connectivity index (χ1n) is 12.0. The van der Waals surface area contributed by atoms with Crippen molar-refractivity contribution in [1.29, 1.82) is 0 Å². The Labute approximate surface area is 204 Å². The number of likely N-dealkylation sites (tertiary alicyclic amines) is 1. The van der Waals surface area contributed by atoms with Crippen LogP contribution in [0, 0.1) is 17.8 Å². The van der Waals surface area contributed by atoms with E-state index in [0.29, 0.717) is 13.1 Å². The van der Waals surface area contributed by atoms with Gasteiger partial charge in [-0.2, -0.15) is 0 Å². The van der Waals surface area contributed by atoms with Crippen molar-refractivity contribution in [2.24, 2.45) is 17.8 Å². The molecule has 0 radical (unpaired) electrons. The molecule has 0 aromatic heterocycles. The molecule has 0 spiro atoms. The Hall–Kier alpha value is -3.55. The summed E-state index contributed by atoms with van der Waals surface area (Å²) in [4.78, 5) is 38.1. The van der Waals surface area contributed by atoms with Gasteiger partial charge in [-0.3, -0.25) is 4.90 Å². The Morgan fingerprint density at radius 2 is 1.63 bits per heavy atom. The molecule has 2 aromatic rings. The first-order chi connectivity index (χ1) is 16.7. The van der Waals surface area contributed by atoms with E-state index in [-0.39, 0.29) is 30.3 Å². The summed E-state index contributed by atoms with van der Waals surface area (Å²) < 4.78 is 10.9. The second-order valence-corrected chi connectivity index (χ2v) is 10.5. The fourth-order valence-electron chi connectivity index (χ4n) is 5.69. The molecule has 4 atom stereocenters. The van der Waals surface area contributed by atoms with Crippen molar-refractivity contribution in [2.75, 3.05) is 19.7 Å². The molecular formula is C27H30N2O6. The lowest BCUT2D eigenvalue weighted by Gasteiger charge is -2.29. The van der Waals surface area contributed by atoms with Crippen LogP contribution in [-0.4, -0.2) is 59.5 Å². The Morgan fingerprint density at radius 3 is 2.20 bits per heavy atom. The Morgan fingerprint density at radius 1 is 1.03 bits per heavy atom. The van der Waals surface area contributed by atoms with Crippen LogP contribution in [0.4, 0.5) is 9.59 Å². The number of piperidine rings is 1. The number of carbonyl (C=O) groups excluding carboxylic acids is 2. The number of aliphatic carboxylic acids is 1. The maximum absolute atomic E-state index is 12.5. The van der Waals surface area contributed by atoms with Crippen molar-refractivity contribution >= 4 is 18.2 Å². The summed E-state index contributed by atoms with van der Waals surface area (Å²) in [6.07, 6.45) is -1.13. The van der Waals surface area contributed by atoms with Gasteiger partial charge in [-0.05, 0) is 60.8 Å². The lowest BCUT2D eigenvalue weighted by atomic mass is 9.98. The largest absolute Gasteiger partial charge is 0.480 e. The van der Waals surface area contributed by atoms with Crippen LogP contribution >= 0.6 is 0 Å². The van der Waals surface area contributed by atoms with Gasteiger partial charge >= 0.3 is 18.2 Å². The van der Waals surface area contributed by atoms with E-state index in [1.165, 1.54) is 4.90 Å². The lowest BCUT2D eigenvalue weighted by molar-refractivity contribution is -0.143. The Balaban J connectivity index is 1.15. The molecule has 1 heterocycles. The fourth-order valence-corrected chi connectivity index (χ4v) is 5.69. The average Bonchev–Trinajstić information content (AvgIpc) is 3.16. The van der Waals surface area contributed by atoms with E-state index in [9.17, 15) is 19.5 Å². The zero-order valence-electron chi connectivity index (χ0n) is 20.1. The Kier molecular flexibility index (Phi) is 5.69. The van der Waals surface area contributed by atoms with E-state index in [2.05, 4.69) is 29.6 Å². The van der Waals surface area contributed by atoms with Gasteiger partial charge in [0.2, 0.25) is 0 Å². The van der Waals surface area contributed by atoms with E-state index in [1.807, 2.05) is 24.3 Å². The predicted molar refractivity (Wildman–Crippen MR) is 128 cm³/mol. The van der Waals surface area contributed by atoms with Gasteiger partial charge in [0.15, 0.2) is 0 Å². The molecule has 2 aliphatic carbocycles. The summed E-state index contributed by atoms with van der Waals surface area (Å²) >= 11 is 0. The molecule has 0 bridgehead atoms. The number of amides is 2. The van der Waals surface area contributed by atoms with E-state index in [4.69, 9.17) is 9.47 Å². The van der Waals surface area contributed by atoms with Crippen LogP contribution in [0.3, 0.4) is 0 Å². The summed E-state index contributed by atoms with van der Waals surface area (Å²) in [5.74, 6) is -1.25. The van der Waals surface area contributed by atoms with Crippen LogP contribution in [0.15, 0.2) is 48.5 Å². The number of carboxylic acids is 1. The minimum atomic E-state index is -1.05. The maximum atomic E-state index is 12.5. The van der Waals surface area contributed by atoms with Crippen LogP contribution in [0.2, 0.25) is 0 Å². The number of benzene rings is 2. The maximum Gasteiger partial charge on any atom is 0.411 e. The van der Waals surface area contributed by atoms with E-state index in [1.54, 1.807) is 20.8 Å². The molecule has 8 heteroatoms. The normalized spacial score (nSPS) is 24.3. The summed E-state index contributed by atoms with van der Waals surface area (Å²) in [6.45, 7) is 6.10. The van der Waals surface area contributed by atoms with Crippen molar-refractivity contribution in [3.8, 4) is 11.1 Å². The molecule has 184 valence electrons. The van der Waals surface area contributed by atoms with Gasteiger partial charge in [0, 0.05) is 19.0 Å². The molecule has 0 unspecified atom stereocenters. The molecule has 5 rings (SSSR count). The predicted octanol–water partition coefficient (Wildman–Crippen LogP) is 4.09. The SMILES string of the molecule is CC(C)(C)OC(=O)N1C[C@@H]2[C@@H](CNC(=O)OCC3c4ccccc4-c4ccccc43)[C@@H]2[C@H]1C(=O)O. The number of alkyl carbamates (subject to hydrolysis) is 1. The molecule has 1 aliphatic heterocycles. The van der Waals surface area contributed by atoms with Gasteiger partial charge < -0.3 is 19.9 Å². The molecular weight excluding hydrogens is 448 g/mol. The van der Waals surface area contributed by atoms with Crippen molar-refractivity contribution < 1.29 is 29.0 Å². The molecule has 1 saturated carbocycles. The molecule has 3 aliphatic rings. The molecule has 1 saturated heterocycles. The number of nitrogens with one attached hydrogen (secondary N) is 1. The molecule has 35 heavy (non-hydrogen) atoms. The average molecular weight is 479 g/mol. The number of carboxylic acid groups (broad SMARTS) is 1. The number of carbonyl (C=O) groups is 3. The second kappa shape index (κ2) is 8.59. The van der Waals surface area contributed by atoms with Crippen LogP contribution in [-0.2, 0) is 14.3 Å². The van der Waals surface area contributed by atoms with E-state index < -0.39 is 29.8 Å². The number of ether oxygens (including phenoxy) is 2. The third kappa shape index (κ3) is 4.33. The summed E-state index contributed by atoms with van der Waals surface area (Å²) in [6, 6.07) is 15.3. The third-order valence-electron chi connectivity index (χ3n) is 7.21. The van der Waals surface area contributed by atoms with Gasteiger partial charge in [-0.1, -0.05) is 48.5 Å². The summed E-state index contributed by atoms with van der Waals surface area (Å²) in [5.41, 5.74) is 3.92. The highest BCUT2D eigenvalue weighted by atomic mass is 16.6. The van der Waals surface area contributed by atoms with Gasteiger partial charge in [0.1, 0.15) is 18.2 Å². The summed E-state index contributed by atoms with van der Waals surface area (Å²) in [5, 5.41) is 12.5. The highest BCUT2D eigenvalue weighted by molar-refractivity contribution is 5.82. The molecule has 2 fully saturated rings. The van der Waals surface area contributed by atoms with Gasteiger partial charge in [-0.15, -0.1) is 0 Å². The molecule has 2 N–H and O–H groups in total. The first-order valence-corrected chi connectivity index (χ1v) is 12.0. The van der Waals surface area contributed by atoms with Gasteiger partial charge in [0.05, 0.1) is 0 Å². The zero-order chi connectivity index (χ0) is 24.9. The number of hydrogen-bond acceptors (Lipinski definition) is 5. The van der Waals surface area contributed by atoms with E-state index in [0.717, 1.165) is 22.3 Å². The zero-order valence-corrected chi connectivity index (χ0v) is 20.1. The minimum Gasteiger partial charge on any atom is -0.480 e. The number of hydrogen-bond donors (Lipinski definition) is 2. The number of nitrogens with zero attached hydrogens (tertiary/aromatic N) is 1. The topological polar surface area (TPSA) is 105 Å². The van der Waals surface area contributed by atoms with E-state index >= 15 is 0 Å². The smallest absolute Gasteiger partial charge is 0.411 e. The Bertz CT molecular complexity index is 1130. The van der Waals surface area contributed by atoms with Crippen LogP contribution < -0.4 is 5.32 Å². The molecule has 8 nitrogen and oxygen atoms in total. The lowest BCUT2D eigenvalue weighted by Crippen LogP contribution is -2.47.